The average Bonchev–Trinajstić information content (AvgIpc) is 3.27. The van der Waals surface area contributed by atoms with Crippen molar-refractivity contribution in [2.24, 2.45) is 4.99 Å². The zero-order valence-corrected chi connectivity index (χ0v) is 19.0. The number of aliphatic imine (C=N–C) groups is 1. The second-order valence-electron chi connectivity index (χ2n) is 6.59. The van der Waals surface area contributed by atoms with Gasteiger partial charge in [0.1, 0.15) is 11.9 Å². The molecule has 0 spiro atoms. The molecule has 2 aromatic rings. The van der Waals surface area contributed by atoms with Crippen molar-refractivity contribution in [1.82, 2.24) is 15.5 Å². The first kappa shape index (κ1) is 23.1. The highest BCUT2D eigenvalue weighted by atomic mass is 127. The normalized spacial score (nSPS) is 14.8. The van der Waals surface area contributed by atoms with E-state index in [4.69, 9.17) is 9.15 Å². The van der Waals surface area contributed by atoms with Crippen LogP contribution in [0.1, 0.15) is 30.3 Å². The summed E-state index contributed by atoms with van der Waals surface area (Å²) in [6.45, 7) is 5.61. The number of hydrogen-bond donors (Lipinski definition) is 2. The molecule has 2 heterocycles. The molecule has 7 nitrogen and oxygen atoms in total. The third-order valence-electron chi connectivity index (χ3n) is 4.53. The first-order chi connectivity index (χ1) is 13.8. The Hall–Kier alpha value is -2.23. The van der Waals surface area contributed by atoms with Crippen LogP contribution in [0.25, 0.3) is 0 Å². The number of benzene rings is 1. The molecule has 0 bridgehead atoms. The van der Waals surface area contributed by atoms with Gasteiger partial charge in [-0.2, -0.15) is 0 Å². The lowest BCUT2D eigenvalue weighted by atomic mass is 10.1. The number of piperidine rings is 1. The van der Waals surface area contributed by atoms with Gasteiger partial charge in [-0.05, 0) is 31.2 Å². The second-order valence-corrected chi connectivity index (χ2v) is 6.59. The molecule has 0 saturated carbocycles. The van der Waals surface area contributed by atoms with Crippen LogP contribution in [0.15, 0.2) is 58.1 Å². The van der Waals surface area contributed by atoms with Crippen molar-refractivity contribution in [2.75, 3.05) is 32.7 Å². The van der Waals surface area contributed by atoms with Crippen molar-refractivity contribution in [3.63, 3.8) is 0 Å². The summed E-state index contributed by atoms with van der Waals surface area (Å²) in [6, 6.07) is 13.3. The third kappa shape index (κ3) is 7.26. The highest BCUT2D eigenvalue weighted by Crippen LogP contribution is 2.18. The largest absolute Gasteiger partial charge is 0.490 e. The summed E-state index contributed by atoms with van der Waals surface area (Å²) in [7, 11) is 0. The number of halogens is 1. The van der Waals surface area contributed by atoms with Crippen molar-refractivity contribution in [3.8, 4) is 5.75 Å². The quantitative estimate of drug-likeness (QED) is 0.258. The number of para-hydroxylation sites is 1. The van der Waals surface area contributed by atoms with Gasteiger partial charge < -0.3 is 24.7 Å². The summed E-state index contributed by atoms with van der Waals surface area (Å²) in [4.78, 5) is 18.8. The van der Waals surface area contributed by atoms with E-state index in [-0.39, 0.29) is 36.0 Å². The van der Waals surface area contributed by atoms with Crippen LogP contribution in [-0.4, -0.2) is 55.6 Å². The van der Waals surface area contributed by atoms with E-state index in [1.807, 2.05) is 30.3 Å². The van der Waals surface area contributed by atoms with Crippen LogP contribution in [0.2, 0.25) is 0 Å². The van der Waals surface area contributed by atoms with Crippen LogP contribution in [0.5, 0.6) is 5.75 Å². The van der Waals surface area contributed by atoms with E-state index in [2.05, 4.69) is 27.4 Å². The third-order valence-corrected chi connectivity index (χ3v) is 4.53. The highest BCUT2D eigenvalue weighted by molar-refractivity contribution is 14.0. The topological polar surface area (TPSA) is 79.1 Å². The van der Waals surface area contributed by atoms with Gasteiger partial charge in [-0.25, -0.2) is 0 Å². The number of carbonyl (C=O) groups is 1. The molecule has 8 heteroatoms. The van der Waals surface area contributed by atoms with Gasteiger partial charge in [-0.1, -0.05) is 18.2 Å². The molecular formula is C21H29IN4O3. The van der Waals surface area contributed by atoms with Crippen LogP contribution in [-0.2, 0) is 0 Å². The first-order valence-corrected chi connectivity index (χ1v) is 9.83. The SMILES string of the molecule is CCNC(=NCCNC(=O)c1ccco1)N1CCC(Oc2ccccc2)CC1.I. The fourth-order valence-electron chi connectivity index (χ4n) is 3.13. The maximum Gasteiger partial charge on any atom is 0.287 e. The lowest BCUT2D eigenvalue weighted by Crippen LogP contribution is -2.47. The number of hydrogen-bond acceptors (Lipinski definition) is 4. The minimum absolute atomic E-state index is 0. The first-order valence-electron chi connectivity index (χ1n) is 9.83. The smallest absolute Gasteiger partial charge is 0.287 e. The molecule has 1 aromatic heterocycles. The molecular weight excluding hydrogens is 483 g/mol. The molecule has 158 valence electrons. The van der Waals surface area contributed by atoms with Crippen molar-refractivity contribution in [3.05, 3.63) is 54.5 Å². The Kier molecular flexibility index (Phi) is 9.82. The predicted octanol–water partition coefficient (Wildman–Crippen LogP) is 3.14. The number of amides is 1. The van der Waals surface area contributed by atoms with Crippen molar-refractivity contribution < 1.29 is 13.9 Å². The molecule has 1 aliphatic rings. The zero-order chi connectivity index (χ0) is 19.6. The molecule has 1 fully saturated rings. The molecule has 1 aromatic carbocycles. The number of ether oxygens (including phenoxy) is 1. The number of carbonyl (C=O) groups excluding carboxylic acids is 1. The van der Waals surface area contributed by atoms with E-state index in [0.717, 1.165) is 44.2 Å². The number of rotatable bonds is 7. The number of likely N-dealkylation sites (tertiary alicyclic amines) is 1. The summed E-state index contributed by atoms with van der Waals surface area (Å²) in [5.74, 6) is 1.90. The predicted molar refractivity (Wildman–Crippen MR) is 124 cm³/mol. The Morgan fingerprint density at radius 1 is 1.17 bits per heavy atom. The van der Waals surface area contributed by atoms with Crippen LogP contribution in [0, 0.1) is 0 Å². The molecule has 1 aliphatic heterocycles. The van der Waals surface area contributed by atoms with Gasteiger partial charge >= 0.3 is 0 Å². The Bertz CT molecular complexity index is 745. The number of furan rings is 1. The van der Waals surface area contributed by atoms with Gasteiger partial charge in [-0.3, -0.25) is 9.79 Å². The summed E-state index contributed by atoms with van der Waals surface area (Å²) in [5, 5.41) is 6.15. The van der Waals surface area contributed by atoms with Crippen LogP contribution in [0.4, 0.5) is 0 Å². The standard InChI is InChI=1S/C21H28N4O3.HI/c1-2-22-21(24-13-12-23-20(26)19-9-6-16-27-19)25-14-10-18(11-15-25)28-17-7-4-3-5-8-17;/h3-9,16,18H,2,10-15H2,1H3,(H,22,24)(H,23,26);1H. The second kappa shape index (κ2) is 12.4. The van der Waals surface area contributed by atoms with Crippen LogP contribution >= 0.6 is 24.0 Å². The maximum atomic E-state index is 11.9. The zero-order valence-electron chi connectivity index (χ0n) is 16.7. The van der Waals surface area contributed by atoms with Gasteiger partial charge in [0.05, 0.1) is 12.8 Å². The van der Waals surface area contributed by atoms with Gasteiger partial charge in [-0.15, -0.1) is 24.0 Å². The Morgan fingerprint density at radius 2 is 1.93 bits per heavy atom. The maximum absolute atomic E-state index is 11.9. The van der Waals surface area contributed by atoms with Crippen molar-refractivity contribution in [2.45, 2.75) is 25.9 Å². The monoisotopic (exact) mass is 512 g/mol. The van der Waals surface area contributed by atoms with Gasteiger partial charge in [0.25, 0.3) is 5.91 Å². The summed E-state index contributed by atoms with van der Waals surface area (Å²) < 4.78 is 11.1. The molecule has 0 atom stereocenters. The van der Waals surface area contributed by atoms with Crippen molar-refractivity contribution >= 4 is 35.8 Å². The van der Waals surface area contributed by atoms with Crippen LogP contribution < -0.4 is 15.4 Å². The molecule has 0 unspecified atom stereocenters. The van der Waals surface area contributed by atoms with E-state index in [1.54, 1.807) is 12.1 Å². The highest BCUT2D eigenvalue weighted by Gasteiger charge is 2.22. The minimum atomic E-state index is -0.218. The lowest BCUT2D eigenvalue weighted by molar-refractivity contribution is 0.0927. The van der Waals surface area contributed by atoms with E-state index in [9.17, 15) is 4.79 Å². The Balaban J connectivity index is 0.00000300. The fraction of sp³-hybridized carbons (Fsp3) is 0.429. The Labute approximate surface area is 188 Å². The lowest BCUT2D eigenvalue weighted by Gasteiger charge is -2.34. The van der Waals surface area contributed by atoms with Gasteiger partial charge in [0, 0.05) is 39.0 Å². The van der Waals surface area contributed by atoms with Gasteiger partial charge in [0.15, 0.2) is 11.7 Å². The molecule has 1 amide bonds. The molecule has 1 saturated heterocycles. The van der Waals surface area contributed by atoms with Gasteiger partial charge in [0.2, 0.25) is 0 Å². The van der Waals surface area contributed by atoms with Crippen LogP contribution in [0.3, 0.4) is 0 Å². The summed E-state index contributed by atoms with van der Waals surface area (Å²) in [6.07, 6.45) is 3.62. The van der Waals surface area contributed by atoms with E-state index in [0.29, 0.717) is 18.8 Å². The Morgan fingerprint density at radius 3 is 2.59 bits per heavy atom. The van der Waals surface area contributed by atoms with E-state index < -0.39 is 0 Å². The van der Waals surface area contributed by atoms with E-state index >= 15 is 0 Å². The van der Waals surface area contributed by atoms with Crippen molar-refractivity contribution in [1.29, 1.82) is 0 Å². The number of nitrogens with zero attached hydrogens (tertiary/aromatic N) is 2. The molecule has 0 aliphatic carbocycles. The summed E-state index contributed by atoms with van der Waals surface area (Å²) >= 11 is 0. The molecule has 29 heavy (non-hydrogen) atoms. The number of nitrogens with one attached hydrogen (secondary N) is 2. The van der Waals surface area contributed by atoms with E-state index in [1.165, 1.54) is 6.26 Å². The number of guanidine groups is 1. The average molecular weight is 512 g/mol. The molecule has 2 N–H and O–H groups in total. The summed E-state index contributed by atoms with van der Waals surface area (Å²) in [5.41, 5.74) is 0. The molecule has 0 radical (unpaired) electrons. The molecule has 3 rings (SSSR count). The fourth-order valence-corrected chi connectivity index (χ4v) is 3.13. The minimum Gasteiger partial charge on any atom is -0.490 e.